The van der Waals surface area contributed by atoms with Gasteiger partial charge in [-0.1, -0.05) is 18.2 Å². The average molecular weight is 455 g/mol. The number of likely N-dealkylation sites (tertiary alicyclic amines) is 1. The van der Waals surface area contributed by atoms with E-state index in [0.29, 0.717) is 5.69 Å². The molecule has 4 rings (SSSR count). The number of para-hydroxylation sites is 1. The second-order valence-electron chi connectivity index (χ2n) is 7.89. The zero-order valence-corrected chi connectivity index (χ0v) is 18.9. The molecule has 0 unspecified atom stereocenters. The number of amides is 1. The quantitative estimate of drug-likeness (QED) is 0.613. The molecule has 1 aliphatic heterocycles. The van der Waals surface area contributed by atoms with Crippen molar-refractivity contribution in [3.05, 3.63) is 66.5 Å². The summed E-state index contributed by atoms with van der Waals surface area (Å²) < 4.78 is 27.5. The minimum atomic E-state index is -3.60. The van der Waals surface area contributed by atoms with E-state index in [4.69, 9.17) is 0 Å². The molecule has 3 aromatic rings. The van der Waals surface area contributed by atoms with E-state index in [0.717, 1.165) is 31.6 Å². The van der Waals surface area contributed by atoms with Crippen molar-refractivity contribution in [2.45, 2.75) is 23.8 Å². The van der Waals surface area contributed by atoms with Gasteiger partial charge in [-0.25, -0.2) is 8.42 Å². The van der Waals surface area contributed by atoms with E-state index >= 15 is 0 Å². The Kier molecular flexibility index (Phi) is 6.35. The van der Waals surface area contributed by atoms with Gasteiger partial charge in [-0.3, -0.25) is 4.79 Å². The maximum atomic E-state index is 13.0. The third-order valence-corrected chi connectivity index (χ3v) is 7.63. The number of carbonyl (C=O) groups excluding carboxylic acids is 1. The lowest BCUT2D eigenvalue weighted by molar-refractivity contribution is 0.102. The number of hydrogen-bond acceptors (Lipinski definition) is 6. The fourth-order valence-corrected chi connectivity index (χ4v) is 5.10. The first-order chi connectivity index (χ1) is 15.3. The van der Waals surface area contributed by atoms with Gasteiger partial charge < -0.3 is 10.2 Å². The molecule has 1 saturated heterocycles. The van der Waals surface area contributed by atoms with Gasteiger partial charge in [-0.15, -0.1) is 5.10 Å². The molecule has 1 amide bonds. The first kappa shape index (κ1) is 22.1. The summed E-state index contributed by atoms with van der Waals surface area (Å²) in [6.07, 6.45) is 3.01. The van der Waals surface area contributed by atoms with Gasteiger partial charge in [0.15, 0.2) is 5.69 Å². The highest BCUT2D eigenvalue weighted by Crippen LogP contribution is 2.23. The van der Waals surface area contributed by atoms with E-state index in [1.165, 1.54) is 27.4 Å². The Morgan fingerprint density at radius 1 is 1.06 bits per heavy atom. The van der Waals surface area contributed by atoms with Crippen LogP contribution in [0.2, 0.25) is 0 Å². The molecule has 1 fully saturated rings. The van der Waals surface area contributed by atoms with Gasteiger partial charge in [0.2, 0.25) is 10.0 Å². The van der Waals surface area contributed by atoms with Gasteiger partial charge in [-0.05, 0) is 69.4 Å². The van der Waals surface area contributed by atoms with Crippen molar-refractivity contribution < 1.29 is 13.2 Å². The molecule has 1 aliphatic rings. The molecule has 0 radical (unpaired) electrons. The van der Waals surface area contributed by atoms with E-state index < -0.39 is 15.9 Å². The Morgan fingerprint density at radius 3 is 2.38 bits per heavy atom. The summed E-state index contributed by atoms with van der Waals surface area (Å²) in [5.74, 6) is -0.425. The van der Waals surface area contributed by atoms with Crippen LogP contribution in [0.5, 0.6) is 0 Å². The number of nitrogens with one attached hydrogen (secondary N) is 1. The summed E-state index contributed by atoms with van der Waals surface area (Å²) in [7, 11) is 0.0732. The normalized spacial score (nSPS) is 15.7. The predicted octanol–water partition coefficient (Wildman–Crippen LogP) is 2.23. The maximum Gasteiger partial charge on any atom is 0.277 e. The van der Waals surface area contributed by atoms with E-state index in [-0.39, 0.29) is 16.6 Å². The van der Waals surface area contributed by atoms with Crippen molar-refractivity contribution in [2.24, 2.45) is 0 Å². The van der Waals surface area contributed by atoms with Gasteiger partial charge in [0.25, 0.3) is 5.91 Å². The smallest absolute Gasteiger partial charge is 0.277 e. The highest BCUT2D eigenvalue weighted by Gasteiger charge is 2.30. The molecule has 2 aromatic carbocycles. The van der Waals surface area contributed by atoms with Crippen LogP contribution in [-0.2, 0) is 10.0 Å². The minimum Gasteiger partial charge on any atom is -0.321 e. The topological polar surface area (TPSA) is 100 Å². The molecule has 10 heteroatoms. The van der Waals surface area contributed by atoms with E-state index in [1.54, 1.807) is 19.2 Å². The largest absolute Gasteiger partial charge is 0.321 e. The number of anilines is 1. The van der Waals surface area contributed by atoms with Crippen molar-refractivity contribution >= 4 is 21.6 Å². The monoisotopic (exact) mass is 454 g/mol. The third kappa shape index (κ3) is 4.72. The van der Waals surface area contributed by atoms with Crippen LogP contribution in [0.25, 0.3) is 5.69 Å². The fraction of sp³-hybridized carbons (Fsp3) is 0.318. The van der Waals surface area contributed by atoms with Gasteiger partial charge in [0.05, 0.1) is 16.8 Å². The van der Waals surface area contributed by atoms with Crippen LogP contribution in [0.1, 0.15) is 23.3 Å². The Hall–Kier alpha value is -3.08. The standard InChI is InChI=1S/C22H26N6O3S/c1-26-14-12-18(13-15-26)27(2)32(30,31)20-10-8-17(9-11-20)24-22(29)21-16-23-28(25-21)19-6-4-3-5-7-19/h3-11,16,18H,12-15H2,1-2H3,(H,24,29). The molecule has 9 nitrogen and oxygen atoms in total. The highest BCUT2D eigenvalue weighted by molar-refractivity contribution is 7.89. The lowest BCUT2D eigenvalue weighted by Gasteiger charge is -2.34. The molecule has 0 bridgehead atoms. The number of piperidine rings is 1. The van der Waals surface area contributed by atoms with Gasteiger partial charge >= 0.3 is 0 Å². The number of rotatable bonds is 6. The number of sulfonamides is 1. The number of aromatic nitrogens is 3. The summed E-state index contributed by atoms with van der Waals surface area (Å²) in [5, 5.41) is 11.1. The molecule has 0 atom stereocenters. The molecular weight excluding hydrogens is 428 g/mol. The summed E-state index contributed by atoms with van der Waals surface area (Å²) in [4.78, 5) is 16.3. The van der Waals surface area contributed by atoms with Crippen molar-refractivity contribution in [3.8, 4) is 5.69 Å². The lowest BCUT2D eigenvalue weighted by atomic mass is 10.1. The zero-order chi connectivity index (χ0) is 22.7. The van der Waals surface area contributed by atoms with Crippen LogP contribution in [0, 0.1) is 0 Å². The molecule has 1 N–H and O–H groups in total. The van der Waals surface area contributed by atoms with Crippen molar-refractivity contribution in [3.63, 3.8) is 0 Å². The number of benzene rings is 2. The average Bonchev–Trinajstić information content (AvgIpc) is 3.31. The summed E-state index contributed by atoms with van der Waals surface area (Å²) in [6.45, 7) is 1.76. The summed E-state index contributed by atoms with van der Waals surface area (Å²) in [5.41, 5.74) is 1.38. The Labute approximate surface area is 187 Å². The molecule has 2 heterocycles. The van der Waals surface area contributed by atoms with Crippen molar-refractivity contribution in [1.29, 1.82) is 0 Å². The molecule has 1 aromatic heterocycles. The Bertz CT molecular complexity index is 1170. The van der Waals surface area contributed by atoms with Gasteiger partial charge in [0, 0.05) is 18.8 Å². The number of carbonyl (C=O) groups is 1. The fourth-order valence-electron chi connectivity index (χ4n) is 3.68. The van der Waals surface area contributed by atoms with Crippen LogP contribution >= 0.6 is 0 Å². The third-order valence-electron chi connectivity index (χ3n) is 5.70. The van der Waals surface area contributed by atoms with Crippen molar-refractivity contribution in [2.75, 3.05) is 32.5 Å². The van der Waals surface area contributed by atoms with Crippen LogP contribution in [-0.4, -0.2) is 71.8 Å². The Balaban J connectivity index is 1.42. The van der Waals surface area contributed by atoms with Crippen molar-refractivity contribution in [1.82, 2.24) is 24.2 Å². The molecule has 32 heavy (non-hydrogen) atoms. The second kappa shape index (κ2) is 9.19. The molecule has 0 saturated carbocycles. The summed E-state index contributed by atoms with van der Waals surface area (Å²) >= 11 is 0. The second-order valence-corrected chi connectivity index (χ2v) is 9.89. The predicted molar refractivity (Wildman–Crippen MR) is 121 cm³/mol. The first-order valence-electron chi connectivity index (χ1n) is 10.4. The SMILES string of the molecule is CN1CCC(N(C)S(=O)(=O)c2ccc(NC(=O)c3cnn(-c4ccccc4)n3)cc2)CC1. The number of hydrogen-bond donors (Lipinski definition) is 1. The molecule has 168 valence electrons. The van der Waals surface area contributed by atoms with Crippen LogP contribution in [0.15, 0.2) is 65.7 Å². The van der Waals surface area contributed by atoms with E-state index in [9.17, 15) is 13.2 Å². The highest BCUT2D eigenvalue weighted by atomic mass is 32.2. The van der Waals surface area contributed by atoms with Crippen LogP contribution < -0.4 is 5.32 Å². The Morgan fingerprint density at radius 2 is 1.72 bits per heavy atom. The van der Waals surface area contributed by atoms with E-state index in [1.807, 2.05) is 37.4 Å². The molecule has 0 aliphatic carbocycles. The maximum absolute atomic E-state index is 13.0. The first-order valence-corrected chi connectivity index (χ1v) is 11.8. The molecule has 0 spiro atoms. The van der Waals surface area contributed by atoms with Crippen LogP contribution in [0.3, 0.4) is 0 Å². The van der Waals surface area contributed by atoms with E-state index in [2.05, 4.69) is 20.4 Å². The number of nitrogens with zero attached hydrogens (tertiary/aromatic N) is 5. The minimum absolute atomic E-state index is 0.0113. The molecular formula is C22H26N6O3S. The van der Waals surface area contributed by atoms with Gasteiger partial charge in [0.1, 0.15) is 0 Å². The summed E-state index contributed by atoms with van der Waals surface area (Å²) in [6, 6.07) is 15.4. The van der Waals surface area contributed by atoms with Crippen LogP contribution in [0.4, 0.5) is 5.69 Å². The zero-order valence-electron chi connectivity index (χ0n) is 18.0. The lowest BCUT2D eigenvalue weighted by Crippen LogP contribution is -2.44. The van der Waals surface area contributed by atoms with Gasteiger partial charge in [-0.2, -0.15) is 14.2 Å².